The second-order valence-corrected chi connectivity index (χ2v) is 5.88. The highest BCUT2D eigenvalue weighted by Crippen LogP contribution is 2.18. The molecule has 0 aliphatic carbocycles. The average molecular weight is 347 g/mol. The van der Waals surface area contributed by atoms with Gasteiger partial charge in [-0.3, -0.25) is 9.59 Å². The lowest BCUT2D eigenvalue weighted by Gasteiger charge is -2.11. The molecule has 7 heteroatoms. The lowest BCUT2D eigenvalue weighted by molar-refractivity contribution is -0.116. The Kier molecular flexibility index (Phi) is 5.82. The quantitative estimate of drug-likeness (QED) is 0.874. The molecule has 0 spiro atoms. The second kappa shape index (κ2) is 7.85. The molecule has 132 valence electrons. The predicted octanol–water partition coefficient (Wildman–Crippen LogP) is 3.03. The first kappa shape index (κ1) is 18.5. The second-order valence-electron chi connectivity index (χ2n) is 5.88. The number of halogens is 2. The maximum absolute atomic E-state index is 13.8. The first-order chi connectivity index (χ1) is 11.8. The molecule has 0 heterocycles. The van der Waals surface area contributed by atoms with Crippen LogP contribution >= 0.6 is 0 Å². The number of nitrogens with one attached hydrogen (secondary N) is 2. The Hall–Kier alpha value is -2.80. The smallest absolute Gasteiger partial charge is 0.258 e. The van der Waals surface area contributed by atoms with E-state index in [1.165, 1.54) is 19.1 Å². The van der Waals surface area contributed by atoms with Crippen LogP contribution in [0, 0.1) is 18.6 Å². The summed E-state index contributed by atoms with van der Waals surface area (Å²) < 4.78 is 27.4. The van der Waals surface area contributed by atoms with E-state index in [1.54, 1.807) is 43.3 Å². The van der Waals surface area contributed by atoms with Crippen molar-refractivity contribution in [2.75, 3.05) is 31.3 Å². The molecule has 2 aromatic rings. The minimum Gasteiger partial charge on any atom is -0.325 e. The lowest BCUT2D eigenvalue weighted by atomic mass is 10.1. The summed E-state index contributed by atoms with van der Waals surface area (Å²) in [5, 5.41) is 5.20. The zero-order valence-electron chi connectivity index (χ0n) is 14.2. The van der Waals surface area contributed by atoms with Crippen molar-refractivity contribution in [1.29, 1.82) is 0 Å². The monoisotopic (exact) mass is 347 g/mol. The number of aryl methyl sites for hydroxylation is 1. The minimum atomic E-state index is -1.18. The van der Waals surface area contributed by atoms with Gasteiger partial charge in [0.15, 0.2) is 11.6 Å². The zero-order valence-corrected chi connectivity index (χ0v) is 14.2. The van der Waals surface area contributed by atoms with Crippen LogP contribution in [-0.4, -0.2) is 37.4 Å². The van der Waals surface area contributed by atoms with Crippen molar-refractivity contribution in [1.82, 2.24) is 4.90 Å². The number of likely N-dealkylation sites (N-methyl/N-ethyl adjacent to an activating group) is 1. The van der Waals surface area contributed by atoms with E-state index >= 15 is 0 Å². The van der Waals surface area contributed by atoms with Crippen LogP contribution in [0.2, 0.25) is 0 Å². The Bertz CT molecular complexity index is 790. The highest BCUT2D eigenvalue weighted by molar-refractivity contribution is 6.04. The van der Waals surface area contributed by atoms with E-state index in [9.17, 15) is 18.4 Å². The van der Waals surface area contributed by atoms with Gasteiger partial charge in [-0.25, -0.2) is 8.78 Å². The van der Waals surface area contributed by atoms with E-state index in [4.69, 9.17) is 0 Å². The molecule has 0 aliphatic heterocycles. The highest BCUT2D eigenvalue weighted by Gasteiger charge is 2.17. The number of benzene rings is 2. The molecule has 2 aromatic carbocycles. The van der Waals surface area contributed by atoms with Crippen LogP contribution in [0.5, 0.6) is 0 Å². The van der Waals surface area contributed by atoms with Crippen LogP contribution in [0.3, 0.4) is 0 Å². The van der Waals surface area contributed by atoms with Gasteiger partial charge in [0.05, 0.1) is 12.1 Å². The van der Waals surface area contributed by atoms with Gasteiger partial charge in [0.25, 0.3) is 5.91 Å². The van der Waals surface area contributed by atoms with Crippen LogP contribution in [-0.2, 0) is 4.79 Å². The lowest BCUT2D eigenvalue weighted by Crippen LogP contribution is -2.27. The van der Waals surface area contributed by atoms with Crippen LogP contribution in [0.4, 0.5) is 20.2 Å². The summed E-state index contributed by atoms with van der Waals surface area (Å²) in [6, 6.07) is 8.91. The number of hydrogen-bond acceptors (Lipinski definition) is 3. The molecule has 0 radical (unpaired) electrons. The van der Waals surface area contributed by atoms with Gasteiger partial charge in [-0.2, -0.15) is 0 Å². The minimum absolute atomic E-state index is 0.131. The molecule has 0 saturated heterocycles. The van der Waals surface area contributed by atoms with Crippen molar-refractivity contribution in [2.45, 2.75) is 6.92 Å². The van der Waals surface area contributed by atoms with Crippen molar-refractivity contribution in [3.05, 3.63) is 59.2 Å². The molecule has 2 rings (SSSR count). The fraction of sp³-hybridized carbons (Fsp3) is 0.222. The number of carbonyl (C=O) groups excluding carboxylic acids is 2. The van der Waals surface area contributed by atoms with Crippen molar-refractivity contribution >= 4 is 23.2 Å². The Labute approximate surface area is 144 Å². The van der Waals surface area contributed by atoms with Crippen LogP contribution in [0.1, 0.15) is 15.9 Å². The molecule has 0 atom stereocenters. The van der Waals surface area contributed by atoms with Crippen LogP contribution in [0.15, 0.2) is 36.4 Å². The Morgan fingerprint density at radius 2 is 1.48 bits per heavy atom. The first-order valence-corrected chi connectivity index (χ1v) is 7.58. The largest absolute Gasteiger partial charge is 0.325 e. The molecule has 0 aromatic heterocycles. The first-order valence-electron chi connectivity index (χ1n) is 7.58. The summed E-state index contributed by atoms with van der Waals surface area (Å²) in [4.78, 5) is 25.5. The zero-order chi connectivity index (χ0) is 18.6. The van der Waals surface area contributed by atoms with Crippen LogP contribution in [0.25, 0.3) is 0 Å². The molecular weight excluding hydrogens is 328 g/mol. The molecule has 0 unspecified atom stereocenters. The van der Waals surface area contributed by atoms with E-state index in [0.717, 1.165) is 0 Å². The summed E-state index contributed by atoms with van der Waals surface area (Å²) in [6.45, 7) is 1.67. The SMILES string of the molecule is Cc1ccc(C(=O)Nc2ccc(NC(=O)CN(C)C)cc2)c(F)c1F. The molecule has 2 amide bonds. The van der Waals surface area contributed by atoms with E-state index < -0.39 is 17.5 Å². The molecule has 0 bridgehead atoms. The van der Waals surface area contributed by atoms with Gasteiger partial charge >= 0.3 is 0 Å². The predicted molar refractivity (Wildman–Crippen MR) is 92.7 cm³/mol. The summed E-state index contributed by atoms with van der Waals surface area (Å²) in [5.41, 5.74) is 0.728. The van der Waals surface area contributed by atoms with Gasteiger partial charge < -0.3 is 15.5 Å². The van der Waals surface area contributed by atoms with Gasteiger partial charge in [-0.1, -0.05) is 6.07 Å². The van der Waals surface area contributed by atoms with Crippen molar-refractivity contribution < 1.29 is 18.4 Å². The topological polar surface area (TPSA) is 61.4 Å². The standard InChI is InChI=1S/C18H19F2N3O2/c1-11-4-9-14(17(20)16(11)19)18(25)22-13-7-5-12(6-8-13)21-15(24)10-23(2)3/h4-9H,10H2,1-3H3,(H,21,24)(H,22,25). The van der Waals surface area contributed by atoms with E-state index in [-0.39, 0.29) is 23.6 Å². The molecule has 2 N–H and O–H groups in total. The Morgan fingerprint density at radius 1 is 0.920 bits per heavy atom. The summed E-state index contributed by atoms with van der Waals surface area (Å²) in [5.74, 6) is -3.13. The van der Waals surface area contributed by atoms with E-state index in [2.05, 4.69) is 10.6 Å². The Morgan fingerprint density at radius 3 is 2.04 bits per heavy atom. The van der Waals surface area contributed by atoms with E-state index in [0.29, 0.717) is 11.4 Å². The van der Waals surface area contributed by atoms with Crippen molar-refractivity contribution in [3.63, 3.8) is 0 Å². The fourth-order valence-corrected chi connectivity index (χ4v) is 2.14. The highest BCUT2D eigenvalue weighted by atomic mass is 19.2. The van der Waals surface area contributed by atoms with Gasteiger partial charge in [0, 0.05) is 11.4 Å². The molecule has 0 saturated carbocycles. The summed E-state index contributed by atoms with van der Waals surface area (Å²) in [7, 11) is 3.57. The third-order valence-electron chi connectivity index (χ3n) is 3.41. The number of hydrogen-bond donors (Lipinski definition) is 2. The van der Waals surface area contributed by atoms with Crippen LogP contribution < -0.4 is 10.6 Å². The third kappa shape index (κ3) is 4.84. The average Bonchev–Trinajstić information content (AvgIpc) is 2.53. The number of carbonyl (C=O) groups is 2. The van der Waals surface area contributed by atoms with Gasteiger partial charge in [0.1, 0.15) is 0 Å². The molecule has 5 nitrogen and oxygen atoms in total. The number of rotatable bonds is 5. The molecular formula is C18H19F2N3O2. The number of nitrogens with zero attached hydrogens (tertiary/aromatic N) is 1. The maximum atomic E-state index is 13.8. The van der Waals surface area contributed by atoms with Gasteiger partial charge in [-0.15, -0.1) is 0 Å². The molecule has 0 fully saturated rings. The summed E-state index contributed by atoms with van der Waals surface area (Å²) >= 11 is 0. The van der Waals surface area contributed by atoms with Crippen molar-refractivity contribution in [2.24, 2.45) is 0 Å². The Balaban J connectivity index is 2.05. The summed E-state index contributed by atoms with van der Waals surface area (Å²) in [6.07, 6.45) is 0. The normalized spacial score (nSPS) is 10.6. The fourth-order valence-electron chi connectivity index (χ4n) is 2.14. The number of amides is 2. The van der Waals surface area contributed by atoms with Gasteiger partial charge in [0.2, 0.25) is 5.91 Å². The maximum Gasteiger partial charge on any atom is 0.258 e. The van der Waals surface area contributed by atoms with Crippen molar-refractivity contribution in [3.8, 4) is 0 Å². The van der Waals surface area contributed by atoms with Gasteiger partial charge in [-0.05, 0) is 56.9 Å². The number of anilines is 2. The molecule has 0 aliphatic rings. The molecule has 25 heavy (non-hydrogen) atoms. The third-order valence-corrected chi connectivity index (χ3v) is 3.41. The van der Waals surface area contributed by atoms with E-state index in [1.807, 2.05) is 0 Å².